The maximum absolute atomic E-state index is 12.4. The molecule has 22 heavy (non-hydrogen) atoms. The maximum atomic E-state index is 12.4. The van der Waals surface area contributed by atoms with Crippen molar-refractivity contribution in [3.8, 4) is 0 Å². The predicted octanol–water partition coefficient (Wildman–Crippen LogP) is 1.67. The SMILES string of the molecule is CCC(CC)C(CNC(=O)C1CCOCC1)N1CCOCC1. The van der Waals surface area contributed by atoms with Crippen LogP contribution in [0.2, 0.25) is 0 Å². The molecule has 1 N–H and O–H groups in total. The number of ether oxygens (including phenoxy) is 2. The van der Waals surface area contributed by atoms with E-state index in [1.54, 1.807) is 0 Å². The zero-order valence-corrected chi connectivity index (χ0v) is 14.2. The largest absolute Gasteiger partial charge is 0.381 e. The van der Waals surface area contributed by atoms with Crippen LogP contribution < -0.4 is 5.32 Å². The minimum atomic E-state index is 0.140. The molecule has 128 valence electrons. The van der Waals surface area contributed by atoms with Crippen molar-refractivity contribution in [3.63, 3.8) is 0 Å². The second-order valence-electron chi connectivity index (χ2n) is 6.42. The lowest BCUT2D eigenvalue weighted by Crippen LogP contribution is -2.52. The Morgan fingerprint density at radius 3 is 2.27 bits per heavy atom. The van der Waals surface area contributed by atoms with Gasteiger partial charge >= 0.3 is 0 Å². The predicted molar refractivity (Wildman–Crippen MR) is 86.8 cm³/mol. The summed E-state index contributed by atoms with van der Waals surface area (Å²) in [5.41, 5.74) is 0. The summed E-state index contributed by atoms with van der Waals surface area (Å²) in [5.74, 6) is 0.987. The normalized spacial score (nSPS) is 22.7. The molecule has 0 bridgehead atoms. The van der Waals surface area contributed by atoms with Gasteiger partial charge in [-0.25, -0.2) is 0 Å². The highest BCUT2D eigenvalue weighted by Crippen LogP contribution is 2.20. The van der Waals surface area contributed by atoms with Gasteiger partial charge in [0.2, 0.25) is 5.91 Å². The first-order valence-electron chi connectivity index (χ1n) is 8.93. The molecular weight excluding hydrogens is 280 g/mol. The van der Waals surface area contributed by atoms with Gasteiger partial charge in [0.15, 0.2) is 0 Å². The Morgan fingerprint density at radius 2 is 1.68 bits per heavy atom. The zero-order chi connectivity index (χ0) is 15.8. The smallest absolute Gasteiger partial charge is 0.223 e. The van der Waals surface area contributed by atoms with Crippen molar-refractivity contribution in [1.82, 2.24) is 10.2 Å². The molecular formula is C17H32N2O3. The van der Waals surface area contributed by atoms with Crippen LogP contribution in [0.15, 0.2) is 0 Å². The van der Waals surface area contributed by atoms with Crippen molar-refractivity contribution >= 4 is 5.91 Å². The molecule has 0 aromatic heterocycles. The van der Waals surface area contributed by atoms with Gasteiger partial charge in [-0.3, -0.25) is 9.69 Å². The number of carbonyl (C=O) groups is 1. The van der Waals surface area contributed by atoms with Crippen LogP contribution in [-0.4, -0.2) is 62.9 Å². The van der Waals surface area contributed by atoms with E-state index < -0.39 is 0 Å². The van der Waals surface area contributed by atoms with Crippen molar-refractivity contribution < 1.29 is 14.3 Å². The summed E-state index contributed by atoms with van der Waals surface area (Å²) in [4.78, 5) is 14.9. The summed E-state index contributed by atoms with van der Waals surface area (Å²) in [6, 6.07) is 0.433. The number of nitrogens with zero attached hydrogens (tertiary/aromatic N) is 1. The first-order valence-corrected chi connectivity index (χ1v) is 8.93. The van der Waals surface area contributed by atoms with E-state index in [2.05, 4.69) is 24.1 Å². The van der Waals surface area contributed by atoms with Crippen LogP contribution >= 0.6 is 0 Å². The Labute approximate surface area is 134 Å². The fraction of sp³-hybridized carbons (Fsp3) is 0.941. The third-order valence-electron chi connectivity index (χ3n) is 5.19. The number of morpholine rings is 1. The molecule has 0 aromatic rings. The van der Waals surface area contributed by atoms with Crippen LogP contribution in [0.25, 0.3) is 0 Å². The Kier molecular flexibility index (Phi) is 7.63. The van der Waals surface area contributed by atoms with E-state index in [1.807, 2.05) is 0 Å². The molecule has 2 heterocycles. The third-order valence-corrected chi connectivity index (χ3v) is 5.19. The fourth-order valence-corrected chi connectivity index (χ4v) is 3.65. The van der Waals surface area contributed by atoms with Crippen LogP contribution in [0.5, 0.6) is 0 Å². The summed E-state index contributed by atoms with van der Waals surface area (Å²) < 4.78 is 10.8. The summed E-state index contributed by atoms with van der Waals surface area (Å²) in [6.07, 6.45) is 4.04. The monoisotopic (exact) mass is 312 g/mol. The van der Waals surface area contributed by atoms with E-state index in [-0.39, 0.29) is 11.8 Å². The van der Waals surface area contributed by atoms with Crippen LogP contribution in [0.4, 0.5) is 0 Å². The van der Waals surface area contributed by atoms with Gasteiger partial charge < -0.3 is 14.8 Å². The van der Waals surface area contributed by atoms with Gasteiger partial charge in [0, 0.05) is 44.8 Å². The van der Waals surface area contributed by atoms with Crippen molar-refractivity contribution in [3.05, 3.63) is 0 Å². The molecule has 2 saturated heterocycles. The zero-order valence-electron chi connectivity index (χ0n) is 14.2. The minimum Gasteiger partial charge on any atom is -0.381 e. The van der Waals surface area contributed by atoms with E-state index in [1.165, 1.54) is 0 Å². The second kappa shape index (κ2) is 9.48. The highest BCUT2D eigenvalue weighted by atomic mass is 16.5. The number of rotatable bonds is 7. The first kappa shape index (κ1) is 17.7. The highest BCUT2D eigenvalue weighted by molar-refractivity contribution is 5.78. The Balaban J connectivity index is 1.88. The standard InChI is InChI=1S/C17H32N2O3/c1-3-14(4-2)16(19-7-11-22-12-8-19)13-18-17(20)15-5-9-21-10-6-15/h14-16H,3-13H2,1-2H3,(H,18,20). The van der Waals surface area contributed by atoms with Crippen molar-refractivity contribution in [2.45, 2.75) is 45.6 Å². The lowest BCUT2D eigenvalue weighted by Gasteiger charge is -2.39. The lowest BCUT2D eigenvalue weighted by molar-refractivity contribution is -0.128. The molecule has 2 aliphatic rings. The molecule has 2 aliphatic heterocycles. The van der Waals surface area contributed by atoms with Crippen LogP contribution in [0.3, 0.4) is 0 Å². The Hall–Kier alpha value is -0.650. The summed E-state index contributed by atoms with van der Waals surface area (Å²) >= 11 is 0. The molecule has 2 rings (SSSR count). The molecule has 0 radical (unpaired) electrons. The number of hydrogen-bond acceptors (Lipinski definition) is 4. The average molecular weight is 312 g/mol. The Morgan fingerprint density at radius 1 is 1.09 bits per heavy atom. The number of amides is 1. The van der Waals surface area contributed by atoms with E-state index in [0.29, 0.717) is 12.0 Å². The molecule has 1 unspecified atom stereocenters. The molecule has 0 aromatic carbocycles. The molecule has 5 heteroatoms. The van der Waals surface area contributed by atoms with Crippen molar-refractivity contribution in [1.29, 1.82) is 0 Å². The first-order chi connectivity index (χ1) is 10.8. The minimum absolute atomic E-state index is 0.140. The maximum Gasteiger partial charge on any atom is 0.223 e. The number of carbonyl (C=O) groups excluding carboxylic acids is 1. The summed E-state index contributed by atoms with van der Waals surface area (Å²) in [5, 5.41) is 3.22. The van der Waals surface area contributed by atoms with E-state index in [9.17, 15) is 4.79 Å². The topological polar surface area (TPSA) is 50.8 Å². The molecule has 0 spiro atoms. The molecule has 0 saturated carbocycles. The van der Waals surface area contributed by atoms with Gasteiger partial charge in [-0.2, -0.15) is 0 Å². The molecule has 2 fully saturated rings. The Bertz CT molecular complexity index is 322. The van der Waals surface area contributed by atoms with Gasteiger partial charge in [0.05, 0.1) is 13.2 Å². The van der Waals surface area contributed by atoms with Crippen molar-refractivity contribution in [2.24, 2.45) is 11.8 Å². The average Bonchev–Trinajstić information content (AvgIpc) is 2.60. The van der Waals surface area contributed by atoms with Crippen LogP contribution in [0.1, 0.15) is 39.5 Å². The molecule has 0 aliphatic carbocycles. The molecule has 1 amide bonds. The summed E-state index contributed by atoms with van der Waals surface area (Å²) in [7, 11) is 0. The third kappa shape index (κ3) is 4.93. The quantitative estimate of drug-likeness (QED) is 0.777. The van der Waals surface area contributed by atoms with Gasteiger partial charge in [-0.05, 0) is 18.8 Å². The number of hydrogen-bond donors (Lipinski definition) is 1. The fourth-order valence-electron chi connectivity index (χ4n) is 3.65. The van der Waals surface area contributed by atoms with E-state index in [0.717, 1.165) is 71.7 Å². The van der Waals surface area contributed by atoms with Crippen molar-refractivity contribution in [2.75, 3.05) is 46.1 Å². The molecule has 5 nitrogen and oxygen atoms in total. The highest BCUT2D eigenvalue weighted by Gasteiger charge is 2.28. The summed E-state index contributed by atoms with van der Waals surface area (Å²) in [6.45, 7) is 10.3. The van der Waals surface area contributed by atoms with E-state index >= 15 is 0 Å². The van der Waals surface area contributed by atoms with Gasteiger partial charge in [0.1, 0.15) is 0 Å². The second-order valence-corrected chi connectivity index (χ2v) is 6.42. The van der Waals surface area contributed by atoms with Crippen LogP contribution in [0, 0.1) is 11.8 Å². The molecule has 1 atom stereocenters. The lowest BCUT2D eigenvalue weighted by atomic mass is 9.92. The van der Waals surface area contributed by atoms with Gasteiger partial charge in [0.25, 0.3) is 0 Å². The van der Waals surface area contributed by atoms with Gasteiger partial charge in [-0.15, -0.1) is 0 Å². The van der Waals surface area contributed by atoms with Crippen LogP contribution in [-0.2, 0) is 14.3 Å². The van der Waals surface area contributed by atoms with E-state index in [4.69, 9.17) is 9.47 Å². The number of nitrogens with one attached hydrogen (secondary N) is 1. The van der Waals surface area contributed by atoms with Gasteiger partial charge in [-0.1, -0.05) is 26.7 Å².